The summed E-state index contributed by atoms with van der Waals surface area (Å²) < 4.78 is 27.7. The van der Waals surface area contributed by atoms with Gasteiger partial charge in [-0.25, -0.2) is 0 Å². The summed E-state index contributed by atoms with van der Waals surface area (Å²) in [5.41, 5.74) is 0. The van der Waals surface area contributed by atoms with Gasteiger partial charge < -0.3 is 23.7 Å². The van der Waals surface area contributed by atoms with Gasteiger partial charge in [-0.05, 0) is 26.2 Å². The van der Waals surface area contributed by atoms with Crippen molar-refractivity contribution in [2.45, 2.75) is 71.4 Å². The van der Waals surface area contributed by atoms with Gasteiger partial charge in [-0.2, -0.15) is 0 Å². The van der Waals surface area contributed by atoms with E-state index in [0.29, 0.717) is 13.0 Å². The second-order valence-electron chi connectivity index (χ2n) is 6.25. The number of hydrogen-bond acceptors (Lipinski definition) is 7. The minimum atomic E-state index is -0.764. The SMILES string of the molecule is CC(=O)OCC[C@@H](C)[C@H]1O[C@@H]2OC(C)(C)O[C@@H]2[C@@H]1OC(C)=O. The second kappa shape index (κ2) is 6.52. The number of rotatable bonds is 5. The molecule has 0 N–H and O–H groups in total. The average Bonchev–Trinajstić information content (AvgIpc) is 2.82. The van der Waals surface area contributed by atoms with Crippen molar-refractivity contribution in [1.29, 1.82) is 0 Å². The van der Waals surface area contributed by atoms with Crippen molar-refractivity contribution in [3.8, 4) is 0 Å². The van der Waals surface area contributed by atoms with Gasteiger partial charge in [0, 0.05) is 13.8 Å². The molecule has 22 heavy (non-hydrogen) atoms. The zero-order chi connectivity index (χ0) is 16.5. The van der Waals surface area contributed by atoms with E-state index >= 15 is 0 Å². The lowest BCUT2D eigenvalue weighted by Crippen LogP contribution is -2.41. The fourth-order valence-electron chi connectivity index (χ4n) is 2.84. The van der Waals surface area contributed by atoms with Crippen LogP contribution in [0.4, 0.5) is 0 Å². The van der Waals surface area contributed by atoms with Gasteiger partial charge in [0.05, 0.1) is 6.61 Å². The molecule has 0 saturated carbocycles. The van der Waals surface area contributed by atoms with Gasteiger partial charge in [-0.15, -0.1) is 0 Å². The Kier molecular flexibility index (Phi) is 5.09. The molecule has 2 fully saturated rings. The molecular weight excluding hydrogens is 292 g/mol. The van der Waals surface area contributed by atoms with Crippen molar-refractivity contribution in [3.05, 3.63) is 0 Å². The molecule has 0 spiro atoms. The topological polar surface area (TPSA) is 80.3 Å². The van der Waals surface area contributed by atoms with Crippen LogP contribution in [0.3, 0.4) is 0 Å². The Balaban J connectivity index is 2.01. The predicted octanol–water partition coefficient (Wildman–Crippen LogP) is 1.38. The molecule has 0 unspecified atom stereocenters. The first-order valence-electron chi connectivity index (χ1n) is 7.51. The number of fused-ring (bicyclic) bond motifs is 1. The van der Waals surface area contributed by atoms with Gasteiger partial charge in [-0.1, -0.05) is 6.92 Å². The number of hydrogen-bond donors (Lipinski definition) is 0. The van der Waals surface area contributed by atoms with Crippen molar-refractivity contribution in [1.82, 2.24) is 0 Å². The summed E-state index contributed by atoms with van der Waals surface area (Å²) in [5, 5.41) is 0. The van der Waals surface area contributed by atoms with Crippen molar-refractivity contribution in [2.75, 3.05) is 6.61 Å². The molecule has 7 nitrogen and oxygen atoms in total. The number of carbonyl (C=O) groups is 2. The summed E-state index contributed by atoms with van der Waals surface area (Å²) in [4.78, 5) is 22.2. The van der Waals surface area contributed by atoms with Crippen LogP contribution in [0.2, 0.25) is 0 Å². The summed E-state index contributed by atoms with van der Waals surface area (Å²) in [6, 6.07) is 0. The molecule has 0 aromatic heterocycles. The standard InChI is InChI=1S/C15H24O7/c1-8(6-7-18-9(2)16)11-12(19-10(3)17)13-14(20-11)22-15(4,5)21-13/h8,11-14H,6-7H2,1-5H3/t8-,11-,12-,13-,14-/m1/s1. The molecule has 0 amide bonds. The molecule has 5 atom stereocenters. The third-order valence-electron chi connectivity index (χ3n) is 3.77. The van der Waals surface area contributed by atoms with Crippen LogP contribution in [0.15, 0.2) is 0 Å². The minimum absolute atomic E-state index is 0.0182. The van der Waals surface area contributed by atoms with Crippen LogP contribution >= 0.6 is 0 Å². The van der Waals surface area contributed by atoms with Crippen molar-refractivity contribution in [2.24, 2.45) is 5.92 Å². The Hall–Kier alpha value is -1.18. The van der Waals surface area contributed by atoms with Gasteiger partial charge in [0.2, 0.25) is 0 Å². The van der Waals surface area contributed by atoms with E-state index in [-0.39, 0.29) is 24.0 Å². The smallest absolute Gasteiger partial charge is 0.303 e. The molecular formula is C15H24O7. The number of ether oxygens (including phenoxy) is 5. The van der Waals surface area contributed by atoms with Crippen LogP contribution in [0, 0.1) is 5.92 Å². The molecule has 0 aromatic carbocycles. The van der Waals surface area contributed by atoms with Gasteiger partial charge in [0.1, 0.15) is 6.10 Å². The zero-order valence-electron chi connectivity index (χ0n) is 13.7. The Morgan fingerprint density at radius 3 is 2.45 bits per heavy atom. The first-order valence-corrected chi connectivity index (χ1v) is 7.51. The molecule has 2 heterocycles. The van der Waals surface area contributed by atoms with E-state index in [9.17, 15) is 9.59 Å². The molecule has 2 rings (SSSR count). The van der Waals surface area contributed by atoms with E-state index in [4.69, 9.17) is 23.7 Å². The normalized spacial score (nSPS) is 34.0. The highest BCUT2D eigenvalue weighted by molar-refractivity contribution is 5.66. The third kappa shape index (κ3) is 3.97. The van der Waals surface area contributed by atoms with Crippen LogP contribution in [0.5, 0.6) is 0 Å². The molecule has 7 heteroatoms. The van der Waals surface area contributed by atoms with Crippen LogP contribution < -0.4 is 0 Å². The lowest BCUT2D eigenvalue weighted by atomic mass is 9.95. The van der Waals surface area contributed by atoms with Crippen molar-refractivity contribution >= 4 is 11.9 Å². The monoisotopic (exact) mass is 316 g/mol. The predicted molar refractivity (Wildman–Crippen MR) is 74.7 cm³/mol. The summed E-state index contributed by atoms with van der Waals surface area (Å²) >= 11 is 0. The Morgan fingerprint density at radius 2 is 1.86 bits per heavy atom. The van der Waals surface area contributed by atoms with E-state index in [1.165, 1.54) is 13.8 Å². The van der Waals surface area contributed by atoms with Crippen molar-refractivity contribution in [3.63, 3.8) is 0 Å². The molecule has 0 radical (unpaired) electrons. The van der Waals surface area contributed by atoms with Crippen molar-refractivity contribution < 1.29 is 33.3 Å². The molecule has 126 valence electrons. The highest BCUT2D eigenvalue weighted by Gasteiger charge is 2.57. The van der Waals surface area contributed by atoms with Crippen LogP contribution in [-0.4, -0.2) is 48.9 Å². The molecule has 2 aliphatic rings. The van der Waals surface area contributed by atoms with Crippen LogP contribution in [0.1, 0.15) is 41.0 Å². The largest absolute Gasteiger partial charge is 0.466 e. The van der Waals surface area contributed by atoms with E-state index in [1.807, 2.05) is 6.92 Å². The molecule has 0 aromatic rings. The average molecular weight is 316 g/mol. The highest BCUT2D eigenvalue weighted by Crippen LogP contribution is 2.41. The maximum Gasteiger partial charge on any atom is 0.303 e. The number of esters is 2. The van der Waals surface area contributed by atoms with Gasteiger partial charge in [-0.3, -0.25) is 9.59 Å². The summed E-state index contributed by atoms with van der Waals surface area (Å²) in [6.07, 6.45) is -1.28. The molecule has 2 aliphatic heterocycles. The van der Waals surface area contributed by atoms with E-state index in [2.05, 4.69) is 0 Å². The minimum Gasteiger partial charge on any atom is -0.466 e. The second-order valence-corrected chi connectivity index (χ2v) is 6.25. The van der Waals surface area contributed by atoms with Gasteiger partial charge >= 0.3 is 11.9 Å². The van der Waals surface area contributed by atoms with Crippen LogP contribution in [0.25, 0.3) is 0 Å². The third-order valence-corrected chi connectivity index (χ3v) is 3.77. The Bertz CT molecular complexity index is 434. The van der Waals surface area contributed by atoms with Gasteiger partial charge in [0.25, 0.3) is 0 Å². The Morgan fingerprint density at radius 1 is 1.18 bits per heavy atom. The fourth-order valence-corrected chi connectivity index (χ4v) is 2.84. The molecule has 0 aliphatic carbocycles. The fraction of sp³-hybridized carbons (Fsp3) is 0.867. The molecule has 0 bridgehead atoms. The quantitative estimate of drug-likeness (QED) is 0.709. The summed E-state index contributed by atoms with van der Waals surface area (Å²) in [6.45, 7) is 8.56. The zero-order valence-corrected chi connectivity index (χ0v) is 13.7. The lowest BCUT2D eigenvalue weighted by molar-refractivity contribution is -0.224. The van der Waals surface area contributed by atoms with Crippen LogP contribution in [-0.2, 0) is 33.3 Å². The molecule has 2 saturated heterocycles. The lowest BCUT2D eigenvalue weighted by Gasteiger charge is -2.28. The van der Waals surface area contributed by atoms with E-state index < -0.39 is 24.3 Å². The maximum atomic E-state index is 11.4. The Labute approximate surface area is 130 Å². The van der Waals surface area contributed by atoms with E-state index in [0.717, 1.165) is 0 Å². The maximum absolute atomic E-state index is 11.4. The highest BCUT2D eigenvalue weighted by atomic mass is 16.8. The summed E-state index contributed by atoms with van der Waals surface area (Å²) in [5.74, 6) is -1.45. The first kappa shape index (κ1) is 17.2. The number of carbonyl (C=O) groups excluding carboxylic acids is 2. The summed E-state index contributed by atoms with van der Waals surface area (Å²) in [7, 11) is 0. The van der Waals surface area contributed by atoms with E-state index in [1.54, 1.807) is 13.8 Å². The first-order chi connectivity index (χ1) is 10.2. The van der Waals surface area contributed by atoms with Gasteiger partial charge in [0.15, 0.2) is 24.3 Å².